The number of aromatic nitrogens is 1. The Morgan fingerprint density at radius 1 is 1.23 bits per heavy atom. The number of H-pyrrole nitrogens is 1. The second-order valence-electron chi connectivity index (χ2n) is 6.73. The van der Waals surface area contributed by atoms with E-state index in [1.54, 1.807) is 12.1 Å². The average molecular weight is 438 g/mol. The molecule has 3 aromatic rings. The van der Waals surface area contributed by atoms with E-state index in [1.165, 1.54) is 18.3 Å². The Kier molecular flexibility index (Phi) is 6.81. The quantitative estimate of drug-likeness (QED) is 0.245. The number of sulfonamides is 1. The zero-order valence-electron chi connectivity index (χ0n) is 16.9. The lowest BCUT2D eigenvalue weighted by molar-refractivity contribution is 0.0951. The molecule has 160 valence electrons. The second kappa shape index (κ2) is 9.52. The van der Waals surface area contributed by atoms with Gasteiger partial charge in [0.15, 0.2) is 0 Å². The minimum atomic E-state index is -3.90. The zero-order valence-corrected chi connectivity index (χ0v) is 17.7. The Labute approximate surface area is 180 Å². The summed E-state index contributed by atoms with van der Waals surface area (Å²) in [6.07, 6.45) is 5.09. The molecule has 1 amide bonds. The fourth-order valence-corrected chi connectivity index (χ4v) is 3.56. The van der Waals surface area contributed by atoms with Crippen molar-refractivity contribution in [1.29, 1.82) is 0 Å². The molecule has 0 aliphatic rings. The highest BCUT2D eigenvalue weighted by Crippen LogP contribution is 2.33. The molecule has 2 aromatic carbocycles. The van der Waals surface area contributed by atoms with Gasteiger partial charge in [0.25, 0.3) is 5.91 Å². The Balaban J connectivity index is 1.99. The Morgan fingerprint density at radius 3 is 2.65 bits per heavy atom. The number of primary sulfonamides is 1. The molecule has 0 saturated heterocycles. The lowest BCUT2D eigenvalue weighted by Gasteiger charge is -2.05. The van der Waals surface area contributed by atoms with Crippen molar-refractivity contribution in [2.45, 2.75) is 4.90 Å². The summed E-state index contributed by atoms with van der Waals surface area (Å²) in [4.78, 5) is 15.9. The first kappa shape index (κ1) is 22.2. The standard InChI is InChI=1S/C22H23N5O3S/c1-15(7-6-12-24-2)14-25-27-22(28)21-20(16-8-4-3-5-9-16)18-13-17(31(23,29)30)10-11-19(18)26-21/h3-11,13-14,24,26H,1,12H2,2H3,(H,27,28)(H2,23,29,30)/b7-6-,25-14?. The first-order chi connectivity index (χ1) is 14.8. The van der Waals surface area contributed by atoms with E-state index >= 15 is 0 Å². The van der Waals surface area contributed by atoms with Crippen LogP contribution in [-0.4, -0.2) is 39.1 Å². The molecule has 0 bridgehead atoms. The number of hydrazone groups is 1. The maximum atomic E-state index is 12.9. The summed E-state index contributed by atoms with van der Waals surface area (Å²) < 4.78 is 23.6. The Hall–Kier alpha value is -3.53. The maximum absolute atomic E-state index is 12.9. The first-order valence-corrected chi connectivity index (χ1v) is 10.9. The number of benzene rings is 2. The molecule has 0 atom stereocenters. The zero-order chi connectivity index (χ0) is 22.4. The number of hydrogen-bond acceptors (Lipinski definition) is 5. The molecule has 0 aliphatic heterocycles. The highest BCUT2D eigenvalue weighted by molar-refractivity contribution is 7.89. The van der Waals surface area contributed by atoms with Gasteiger partial charge in [-0.05, 0) is 36.4 Å². The van der Waals surface area contributed by atoms with E-state index in [4.69, 9.17) is 5.14 Å². The van der Waals surface area contributed by atoms with Crippen molar-refractivity contribution < 1.29 is 13.2 Å². The van der Waals surface area contributed by atoms with Crippen LogP contribution in [0, 0.1) is 0 Å². The third kappa shape index (κ3) is 5.34. The number of allylic oxidation sites excluding steroid dienone is 2. The van der Waals surface area contributed by atoms with Crippen LogP contribution < -0.4 is 15.9 Å². The van der Waals surface area contributed by atoms with Gasteiger partial charge < -0.3 is 10.3 Å². The number of amides is 1. The van der Waals surface area contributed by atoms with Crippen LogP contribution in [0.5, 0.6) is 0 Å². The van der Waals surface area contributed by atoms with E-state index in [-0.39, 0.29) is 10.6 Å². The number of nitrogens with zero attached hydrogens (tertiary/aromatic N) is 1. The highest BCUT2D eigenvalue weighted by Gasteiger charge is 2.20. The summed E-state index contributed by atoms with van der Waals surface area (Å²) in [6.45, 7) is 4.53. The number of nitrogens with two attached hydrogens (primary N) is 1. The molecule has 0 radical (unpaired) electrons. The van der Waals surface area contributed by atoms with E-state index < -0.39 is 15.9 Å². The van der Waals surface area contributed by atoms with Gasteiger partial charge in [0.05, 0.1) is 11.1 Å². The molecule has 1 aromatic heterocycles. The van der Waals surface area contributed by atoms with Crippen molar-refractivity contribution in [2.75, 3.05) is 13.6 Å². The first-order valence-electron chi connectivity index (χ1n) is 9.38. The molecular formula is C22H23N5O3S. The van der Waals surface area contributed by atoms with Crippen molar-refractivity contribution >= 4 is 33.0 Å². The van der Waals surface area contributed by atoms with Gasteiger partial charge in [0.1, 0.15) is 5.69 Å². The van der Waals surface area contributed by atoms with Crippen LogP contribution in [0.25, 0.3) is 22.0 Å². The number of aromatic amines is 1. The van der Waals surface area contributed by atoms with E-state index in [1.807, 2.05) is 43.5 Å². The van der Waals surface area contributed by atoms with Crippen LogP contribution >= 0.6 is 0 Å². The van der Waals surface area contributed by atoms with Crippen LogP contribution in [0.2, 0.25) is 0 Å². The van der Waals surface area contributed by atoms with Gasteiger partial charge in [-0.25, -0.2) is 19.0 Å². The number of carbonyl (C=O) groups is 1. The number of hydrogen-bond donors (Lipinski definition) is 4. The van der Waals surface area contributed by atoms with Gasteiger partial charge in [-0.2, -0.15) is 5.10 Å². The molecule has 0 unspecified atom stereocenters. The third-order valence-corrected chi connectivity index (χ3v) is 5.35. The maximum Gasteiger partial charge on any atom is 0.288 e. The molecule has 3 rings (SSSR count). The normalized spacial score (nSPS) is 12.1. The van der Waals surface area contributed by atoms with E-state index in [9.17, 15) is 13.2 Å². The summed E-state index contributed by atoms with van der Waals surface area (Å²) in [5, 5.41) is 12.8. The number of carbonyl (C=O) groups excluding carboxylic acids is 1. The SMILES string of the molecule is C=C(C=NNC(=O)c1[nH]c2ccc(S(N)(=O)=O)cc2c1-c1ccccc1)/C=C\CNC. The van der Waals surface area contributed by atoms with Crippen molar-refractivity contribution in [3.63, 3.8) is 0 Å². The molecular weight excluding hydrogens is 414 g/mol. The summed E-state index contributed by atoms with van der Waals surface area (Å²) >= 11 is 0. The van der Waals surface area contributed by atoms with Gasteiger partial charge in [-0.3, -0.25) is 4.79 Å². The molecule has 9 heteroatoms. The van der Waals surface area contributed by atoms with Crippen LogP contribution in [0.3, 0.4) is 0 Å². The Morgan fingerprint density at radius 2 is 1.97 bits per heavy atom. The van der Waals surface area contributed by atoms with Crippen molar-refractivity contribution in [3.05, 3.63) is 78.5 Å². The third-order valence-electron chi connectivity index (χ3n) is 4.44. The van der Waals surface area contributed by atoms with E-state index in [0.29, 0.717) is 28.6 Å². The van der Waals surface area contributed by atoms with Gasteiger partial charge in [0.2, 0.25) is 10.0 Å². The van der Waals surface area contributed by atoms with Gasteiger partial charge in [-0.15, -0.1) is 0 Å². The van der Waals surface area contributed by atoms with Crippen LogP contribution in [0.15, 0.2) is 82.8 Å². The molecule has 8 nitrogen and oxygen atoms in total. The summed E-state index contributed by atoms with van der Waals surface area (Å²) in [6, 6.07) is 13.6. The number of fused-ring (bicyclic) bond motifs is 1. The monoisotopic (exact) mass is 437 g/mol. The lowest BCUT2D eigenvalue weighted by Crippen LogP contribution is -2.18. The Bertz CT molecular complexity index is 1280. The molecule has 0 saturated carbocycles. The van der Waals surface area contributed by atoms with Crippen LogP contribution in [-0.2, 0) is 10.0 Å². The van der Waals surface area contributed by atoms with Crippen molar-refractivity contribution in [3.8, 4) is 11.1 Å². The van der Waals surface area contributed by atoms with Crippen LogP contribution in [0.1, 0.15) is 10.5 Å². The predicted molar refractivity (Wildman–Crippen MR) is 123 cm³/mol. The van der Waals surface area contributed by atoms with Crippen molar-refractivity contribution in [1.82, 2.24) is 15.7 Å². The smallest absolute Gasteiger partial charge is 0.288 e. The molecule has 5 N–H and O–H groups in total. The van der Waals surface area contributed by atoms with Gasteiger partial charge in [-0.1, -0.05) is 49.1 Å². The summed E-state index contributed by atoms with van der Waals surface area (Å²) in [5.41, 5.74) is 5.25. The minimum absolute atomic E-state index is 0.0363. The molecule has 31 heavy (non-hydrogen) atoms. The number of nitrogens with one attached hydrogen (secondary N) is 3. The van der Waals surface area contributed by atoms with Gasteiger partial charge >= 0.3 is 0 Å². The van der Waals surface area contributed by atoms with E-state index in [2.05, 4.69) is 27.4 Å². The molecule has 1 heterocycles. The topological polar surface area (TPSA) is 129 Å². The van der Waals surface area contributed by atoms with Crippen molar-refractivity contribution in [2.24, 2.45) is 10.2 Å². The number of likely N-dealkylation sites (N-methyl/N-ethyl adjacent to an activating group) is 1. The van der Waals surface area contributed by atoms with E-state index in [0.717, 1.165) is 5.56 Å². The van der Waals surface area contributed by atoms with Crippen LogP contribution in [0.4, 0.5) is 0 Å². The second-order valence-corrected chi connectivity index (χ2v) is 8.29. The average Bonchev–Trinajstić information content (AvgIpc) is 3.13. The van der Waals surface area contributed by atoms with Gasteiger partial charge in [0, 0.05) is 23.0 Å². The predicted octanol–water partition coefficient (Wildman–Crippen LogP) is 2.53. The number of rotatable bonds is 8. The summed E-state index contributed by atoms with van der Waals surface area (Å²) in [7, 11) is -2.06. The molecule has 0 spiro atoms. The molecule has 0 fully saturated rings. The molecule has 0 aliphatic carbocycles. The lowest BCUT2D eigenvalue weighted by atomic mass is 10.0. The largest absolute Gasteiger partial charge is 0.350 e. The highest BCUT2D eigenvalue weighted by atomic mass is 32.2. The fourth-order valence-electron chi connectivity index (χ4n) is 3.02. The summed E-state index contributed by atoms with van der Waals surface area (Å²) in [5.74, 6) is -0.476. The minimum Gasteiger partial charge on any atom is -0.350 e. The fraction of sp³-hybridized carbons (Fsp3) is 0.0909.